The van der Waals surface area contributed by atoms with Gasteiger partial charge in [-0.2, -0.15) is 0 Å². The Labute approximate surface area is 105 Å². The molecule has 0 spiro atoms. The molecule has 0 saturated heterocycles. The molecule has 4 nitrogen and oxygen atoms in total. The lowest BCUT2D eigenvalue weighted by molar-refractivity contribution is -0.143. The predicted octanol–water partition coefficient (Wildman–Crippen LogP) is 2.14. The van der Waals surface area contributed by atoms with E-state index in [1.807, 2.05) is 6.92 Å². The van der Waals surface area contributed by atoms with Gasteiger partial charge in [-0.05, 0) is 19.2 Å². The number of rotatable bonds is 11. The fourth-order valence-electron chi connectivity index (χ4n) is 1.59. The number of hydrogen-bond acceptors (Lipinski definition) is 4. The predicted molar refractivity (Wildman–Crippen MR) is 68.6 cm³/mol. The van der Waals surface area contributed by atoms with Crippen LogP contribution >= 0.6 is 0 Å². The van der Waals surface area contributed by atoms with Crippen molar-refractivity contribution >= 4 is 13.1 Å². The average molecular weight is 244 g/mol. The highest BCUT2D eigenvalue weighted by molar-refractivity contribution is 6.40. The molecule has 0 radical (unpaired) electrons. The summed E-state index contributed by atoms with van der Waals surface area (Å²) in [4.78, 5) is 11.1. The first-order valence-corrected chi connectivity index (χ1v) is 6.68. The Bertz CT molecular complexity index is 185. The molecule has 0 amide bonds. The van der Waals surface area contributed by atoms with Crippen LogP contribution < -0.4 is 0 Å². The van der Waals surface area contributed by atoms with E-state index in [1.165, 1.54) is 0 Å². The molecule has 0 saturated carbocycles. The van der Waals surface area contributed by atoms with Crippen LogP contribution in [0.2, 0.25) is 6.32 Å². The molecule has 2 N–H and O–H groups in total. The third-order valence-electron chi connectivity index (χ3n) is 2.56. The highest BCUT2D eigenvalue weighted by Gasteiger charge is 2.05. The van der Waals surface area contributed by atoms with Crippen molar-refractivity contribution in [1.82, 2.24) is 0 Å². The quantitative estimate of drug-likeness (QED) is 0.332. The summed E-state index contributed by atoms with van der Waals surface area (Å²) in [5.74, 6) is -0.0877. The second kappa shape index (κ2) is 11.9. The van der Waals surface area contributed by atoms with Crippen molar-refractivity contribution in [3.63, 3.8) is 0 Å². The fraction of sp³-hybridized carbons (Fsp3) is 0.917. The molecule has 0 atom stereocenters. The molecule has 0 aliphatic rings. The fourth-order valence-corrected chi connectivity index (χ4v) is 1.59. The summed E-state index contributed by atoms with van der Waals surface area (Å²) < 4.78 is 4.97. The number of hydrogen-bond donors (Lipinski definition) is 2. The lowest BCUT2D eigenvalue weighted by Gasteiger charge is -2.03. The number of ether oxygens (including phenoxy) is 1. The van der Waals surface area contributed by atoms with Crippen LogP contribution in [0, 0.1) is 0 Å². The minimum Gasteiger partial charge on any atom is -0.466 e. The van der Waals surface area contributed by atoms with Crippen molar-refractivity contribution in [2.45, 2.75) is 64.6 Å². The zero-order chi connectivity index (χ0) is 12.9. The van der Waals surface area contributed by atoms with Crippen LogP contribution in [0.25, 0.3) is 0 Å². The van der Waals surface area contributed by atoms with Crippen molar-refractivity contribution in [1.29, 1.82) is 0 Å². The lowest BCUT2D eigenvalue weighted by Crippen LogP contribution is -2.09. The molecule has 0 fully saturated rings. The topological polar surface area (TPSA) is 66.8 Å². The third kappa shape index (κ3) is 13.4. The van der Waals surface area contributed by atoms with Crippen LogP contribution in [0.5, 0.6) is 0 Å². The summed E-state index contributed by atoms with van der Waals surface area (Å²) in [6.07, 6.45) is 7.88. The Hall–Kier alpha value is -0.545. The molecule has 0 unspecified atom stereocenters. The van der Waals surface area contributed by atoms with Crippen LogP contribution in [0.1, 0.15) is 58.3 Å². The van der Waals surface area contributed by atoms with E-state index >= 15 is 0 Å². The van der Waals surface area contributed by atoms with Crippen molar-refractivity contribution in [2.24, 2.45) is 0 Å². The molecular weight excluding hydrogens is 219 g/mol. The molecule has 0 aliphatic carbocycles. The summed E-state index contributed by atoms with van der Waals surface area (Å²) in [6, 6.07) is 0. The first-order chi connectivity index (χ1) is 8.16. The number of unbranched alkanes of at least 4 members (excludes halogenated alkanes) is 5. The van der Waals surface area contributed by atoms with E-state index in [4.69, 9.17) is 14.8 Å². The largest absolute Gasteiger partial charge is 0.466 e. The van der Waals surface area contributed by atoms with Crippen LogP contribution in [-0.4, -0.2) is 29.7 Å². The van der Waals surface area contributed by atoms with Gasteiger partial charge in [0.1, 0.15) is 0 Å². The SMILES string of the molecule is CCCOC(=O)CCCCCCCCB(O)O. The first-order valence-electron chi connectivity index (χ1n) is 6.68. The standard InChI is InChI=1S/C12H25BO4/c1-2-11-17-12(14)9-7-5-3-4-6-8-10-13(15)16/h15-16H,2-11H2,1H3. The van der Waals surface area contributed by atoms with Crippen LogP contribution in [-0.2, 0) is 9.53 Å². The van der Waals surface area contributed by atoms with Gasteiger partial charge in [0.05, 0.1) is 6.61 Å². The van der Waals surface area contributed by atoms with Crippen LogP contribution in [0.15, 0.2) is 0 Å². The van der Waals surface area contributed by atoms with Crippen molar-refractivity contribution in [3.8, 4) is 0 Å². The maximum Gasteiger partial charge on any atom is 0.451 e. The normalized spacial score (nSPS) is 10.3. The van der Waals surface area contributed by atoms with Gasteiger partial charge in [0.25, 0.3) is 0 Å². The van der Waals surface area contributed by atoms with E-state index in [0.717, 1.165) is 44.9 Å². The van der Waals surface area contributed by atoms with Gasteiger partial charge < -0.3 is 14.8 Å². The van der Waals surface area contributed by atoms with Crippen LogP contribution in [0.4, 0.5) is 0 Å². The number of carbonyl (C=O) groups excluding carboxylic acids is 1. The van der Waals surface area contributed by atoms with E-state index in [2.05, 4.69) is 0 Å². The van der Waals surface area contributed by atoms with Gasteiger partial charge in [-0.25, -0.2) is 0 Å². The summed E-state index contributed by atoms with van der Waals surface area (Å²) in [5, 5.41) is 17.3. The average Bonchev–Trinajstić information content (AvgIpc) is 2.29. The van der Waals surface area contributed by atoms with Gasteiger partial charge in [-0.15, -0.1) is 0 Å². The lowest BCUT2D eigenvalue weighted by atomic mass is 9.83. The smallest absolute Gasteiger partial charge is 0.451 e. The van der Waals surface area contributed by atoms with E-state index in [-0.39, 0.29) is 5.97 Å². The van der Waals surface area contributed by atoms with Crippen LogP contribution in [0.3, 0.4) is 0 Å². The molecule has 0 rings (SSSR count). The summed E-state index contributed by atoms with van der Waals surface area (Å²) in [7, 11) is -1.16. The Morgan fingerprint density at radius 2 is 1.65 bits per heavy atom. The second-order valence-electron chi connectivity index (χ2n) is 4.36. The minimum atomic E-state index is -1.16. The molecular formula is C12H25BO4. The minimum absolute atomic E-state index is 0.0877. The van der Waals surface area contributed by atoms with Gasteiger partial charge >= 0.3 is 13.1 Å². The monoisotopic (exact) mass is 244 g/mol. The van der Waals surface area contributed by atoms with E-state index < -0.39 is 7.12 Å². The Balaban J connectivity index is 3.10. The van der Waals surface area contributed by atoms with Gasteiger partial charge in [0, 0.05) is 6.42 Å². The van der Waals surface area contributed by atoms with Gasteiger partial charge in [-0.1, -0.05) is 39.0 Å². The Kier molecular flexibility index (Phi) is 11.5. The van der Waals surface area contributed by atoms with E-state index in [9.17, 15) is 4.79 Å². The molecule has 0 heterocycles. The van der Waals surface area contributed by atoms with Crippen molar-refractivity contribution in [2.75, 3.05) is 6.61 Å². The van der Waals surface area contributed by atoms with E-state index in [0.29, 0.717) is 19.3 Å². The highest BCUT2D eigenvalue weighted by Crippen LogP contribution is 2.09. The highest BCUT2D eigenvalue weighted by atomic mass is 16.5. The molecule has 17 heavy (non-hydrogen) atoms. The Morgan fingerprint density at radius 1 is 1.06 bits per heavy atom. The molecule has 5 heteroatoms. The molecule has 0 aromatic heterocycles. The molecule has 0 aromatic carbocycles. The second-order valence-corrected chi connectivity index (χ2v) is 4.36. The van der Waals surface area contributed by atoms with E-state index in [1.54, 1.807) is 0 Å². The van der Waals surface area contributed by atoms with Gasteiger partial charge in [-0.3, -0.25) is 4.79 Å². The zero-order valence-corrected chi connectivity index (χ0v) is 10.9. The van der Waals surface area contributed by atoms with Gasteiger partial charge in [0.15, 0.2) is 0 Å². The summed E-state index contributed by atoms with van der Waals surface area (Å²) in [5.41, 5.74) is 0. The maximum atomic E-state index is 11.1. The third-order valence-corrected chi connectivity index (χ3v) is 2.56. The van der Waals surface area contributed by atoms with Crippen molar-refractivity contribution < 1.29 is 19.6 Å². The Morgan fingerprint density at radius 3 is 2.24 bits per heavy atom. The zero-order valence-electron chi connectivity index (χ0n) is 10.9. The molecule has 0 aliphatic heterocycles. The number of esters is 1. The first kappa shape index (κ1) is 16.5. The van der Waals surface area contributed by atoms with Crippen molar-refractivity contribution in [3.05, 3.63) is 0 Å². The van der Waals surface area contributed by atoms with Gasteiger partial charge in [0.2, 0.25) is 0 Å². The molecule has 0 aromatic rings. The summed E-state index contributed by atoms with van der Waals surface area (Å²) >= 11 is 0. The molecule has 0 bridgehead atoms. The molecule has 100 valence electrons. The summed E-state index contributed by atoms with van der Waals surface area (Å²) in [6.45, 7) is 2.51. The maximum absolute atomic E-state index is 11.1. The number of carbonyl (C=O) groups is 1.